The Morgan fingerprint density at radius 3 is 2.83 bits per heavy atom. The number of carbonyl (C=O) groups is 1. The van der Waals surface area contributed by atoms with Crippen LogP contribution in [0.25, 0.3) is 20.4 Å². The Balaban J connectivity index is 1.50. The number of benzene rings is 1. The molecule has 1 aliphatic heterocycles. The first-order valence-electron chi connectivity index (χ1n) is 12.0. The average Bonchev–Trinajstić information content (AvgIpc) is 3.21. The summed E-state index contributed by atoms with van der Waals surface area (Å²) in [4.78, 5) is 28.0. The monoisotopic (exact) mass is 522 g/mol. The summed E-state index contributed by atoms with van der Waals surface area (Å²) in [5.41, 5.74) is 4.94. The van der Waals surface area contributed by atoms with E-state index in [0.29, 0.717) is 24.0 Å². The Hall–Kier alpha value is -2.75. The molecule has 4 aromatic rings. The molecule has 0 saturated carbocycles. The summed E-state index contributed by atoms with van der Waals surface area (Å²) in [6, 6.07) is 7.38. The molecule has 36 heavy (non-hydrogen) atoms. The number of methoxy groups -OCH3 is 1. The number of nitrogens with one attached hydrogen (secondary N) is 1. The number of thioether (sulfide) groups is 1. The predicted molar refractivity (Wildman–Crippen MR) is 146 cm³/mol. The molecule has 1 aliphatic rings. The fourth-order valence-corrected chi connectivity index (χ4v) is 6.63. The van der Waals surface area contributed by atoms with Gasteiger partial charge in [0.05, 0.1) is 41.0 Å². The van der Waals surface area contributed by atoms with E-state index in [1.807, 2.05) is 24.3 Å². The lowest BCUT2D eigenvalue weighted by atomic mass is 9.88. The minimum Gasteiger partial charge on any atom is -0.495 e. The molecule has 0 bridgehead atoms. The van der Waals surface area contributed by atoms with Crippen LogP contribution in [0.2, 0.25) is 0 Å². The molecule has 0 spiro atoms. The van der Waals surface area contributed by atoms with Crippen LogP contribution >= 0.6 is 23.1 Å². The highest BCUT2D eigenvalue weighted by molar-refractivity contribution is 8.00. The van der Waals surface area contributed by atoms with E-state index in [-0.39, 0.29) is 17.3 Å². The molecule has 0 atom stereocenters. The Morgan fingerprint density at radius 2 is 2.06 bits per heavy atom. The van der Waals surface area contributed by atoms with Crippen molar-refractivity contribution in [2.45, 2.75) is 57.8 Å². The number of nitrogens with zero attached hydrogens (tertiary/aromatic N) is 3. The highest BCUT2D eigenvalue weighted by Gasteiger charge is 2.32. The van der Waals surface area contributed by atoms with Gasteiger partial charge in [-0.1, -0.05) is 37.7 Å². The number of hydrogen-bond donors (Lipinski definition) is 1. The van der Waals surface area contributed by atoms with E-state index in [2.05, 4.69) is 43.0 Å². The van der Waals surface area contributed by atoms with Gasteiger partial charge in [0.2, 0.25) is 5.91 Å². The third kappa shape index (κ3) is 4.92. The number of thiophene rings is 1. The van der Waals surface area contributed by atoms with E-state index in [9.17, 15) is 4.79 Å². The second-order valence-electron chi connectivity index (χ2n) is 10.0. The molecular formula is C27H30N4O3S2. The number of amides is 1. The summed E-state index contributed by atoms with van der Waals surface area (Å²) in [7, 11) is 1.59. The van der Waals surface area contributed by atoms with Gasteiger partial charge in [0.1, 0.15) is 21.9 Å². The zero-order chi connectivity index (χ0) is 25.4. The second kappa shape index (κ2) is 9.95. The molecule has 1 amide bonds. The molecular weight excluding hydrogens is 492 g/mol. The molecule has 7 nitrogen and oxygen atoms in total. The van der Waals surface area contributed by atoms with E-state index < -0.39 is 0 Å². The number of carbonyl (C=O) groups excluding carboxylic acids is 1. The van der Waals surface area contributed by atoms with Gasteiger partial charge in [-0.3, -0.25) is 4.79 Å². The van der Waals surface area contributed by atoms with Gasteiger partial charge in [-0.15, -0.1) is 11.3 Å². The van der Waals surface area contributed by atoms with Crippen molar-refractivity contribution in [1.82, 2.24) is 15.0 Å². The summed E-state index contributed by atoms with van der Waals surface area (Å²) in [5, 5.41) is 4.83. The van der Waals surface area contributed by atoms with Crippen molar-refractivity contribution in [3.05, 3.63) is 47.4 Å². The molecule has 3 aromatic heterocycles. The molecule has 0 unspecified atom stereocenters. The molecule has 4 heterocycles. The number of rotatable bonds is 7. The number of pyridine rings is 1. The molecule has 1 N–H and O–H groups in total. The van der Waals surface area contributed by atoms with Crippen molar-refractivity contribution in [3.63, 3.8) is 0 Å². The van der Waals surface area contributed by atoms with Gasteiger partial charge in [0.15, 0.2) is 0 Å². The Bertz CT molecular complexity index is 1450. The normalized spacial score (nSPS) is 14.8. The van der Waals surface area contributed by atoms with Crippen LogP contribution in [0.4, 0.5) is 5.69 Å². The van der Waals surface area contributed by atoms with Crippen LogP contribution in [-0.2, 0) is 29.0 Å². The summed E-state index contributed by atoms with van der Waals surface area (Å²) in [6.07, 6.45) is 3.31. The molecule has 0 saturated heterocycles. The van der Waals surface area contributed by atoms with Crippen molar-refractivity contribution in [1.29, 1.82) is 0 Å². The second-order valence-corrected chi connectivity index (χ2v) is 12.0. The van der Waals surface area contributed by atoms with Gasteiger partial charge < -0.3 is 14.8 Å². The Morgan fingerprint density at radius 1 is 1.25 bits per heavy atom. The minimum atomic E-state index is -0.244. The smallest absolute Gasteiger partial charge is 0.234 e. The number of para-hydroxylation sites is 2. The lowest BCUT2D eigenvalue weighted by Crippen LogP contribution is -2.33. The first-order chi connectivity index (χ1) is 17.3. The minimum absolute atomic E-state index is 0.119. The SMILES string of the molecule is COc1ccccc1NC(=O)CSc1ncnc2c1sc1nc(CC(C)C)c3c(c12)CC(C)(C)OC3. The largest absolute Gasteiger partial charge is 0.495 e. The van der Waals surface area contributed by atoms with Crippen molar-refractivity contribution in [2.24, 2.45) is 5.92 Å². The number of fused-ring (bicyclic) bond motifs is 5. The van der Waals surface area contributed by atoms with Gasteiger partial charge in [0, 0.05) is 23.1 Å². The lowest BCUT2D eigenvalue weighted by molar-refractivity contribution is -0.113. The molecule has 0 aliphatic carbocycles. The van der Waals surface area contributed by atoms with Gasteiger partial charge in [0.25, 0.3) is 0 Å². The van der Waals surface area contributed by atoms with Crippen LogP contribution in [0.5, 0.6) is 5.75 Å². The Labute approximate surface area is 219 Å². The van der Waals surface area contributed by atoms with Crippen molar-refractivity contribution < 1.29 is 14.3 Å². The van der Waals surface area contributed by atoms with Crippen molar-refractivity contribution >= 4 is 55.1 Å². The fraction of sp³-hybridized carbons (Fsp3) is 0.407. The van der Waals surface area contributed by atoms with Crippen LogP contribution in [0.15, 0.2) is 35.6 Å². The zero-order valence-corrected chi connectivity index (χ0v) is 22.8. The Kier molecular flexibility index (Phi) is 6.89. The maximum atomic E-state index is 12.7. The number of anilines is 1. The van der Waals surface area contributed by atoms with Crippen LogP contribution in [0.1, 0.15) is 44.5 Å². The van der Waals surface area contributed by atoms with E-state index in [1.165, 1.54) is 22.9 Å². The molecule has 1 aromatic carbocycles. The van der Waals surface area contributed by atoms with Crippen LogP contribution in [-0.4, -0.2) is 39.3 Å². The van der Waals surface area contributed by atoms with Crippen LogP contribution in [0, 0.1) is 5.92 Å². The highest BCUT2D eigenvalue weighted by atomic mass is 32.2. The van der Waals surface area contributed by atoms with Gasteiger partial charge in [-0.25, -0.2) is 15.0 Å². The van der Waals surface area contributed by atoms with Gasteiger partial charge in [-0.2, -0.15) is 0 Å². The van der Waals surface area contributed by atoms with E-state index in [1.54, 1.807) is 24.8 Å². The predicted octanol–water partition coefficient (Wildman–Crippen LogP) is 6.03. The summed E-state index contributed by atoms with van der Waals surface area (Å²) >= 11 is 3.03. The fourth-order valence-electron chi connectivity index (χ4n) is 4.58. The molecule has 9 heteroatoms. The first-order valence-corrected chi connectivity index (χ1v) is 13.8. The van der Waals surface area contributed by atoms with E-state index in [4.69, 9.17) is 14.5 Å². The topological polar surface area (TPSA) is 86.2 Å². The van der Waals surface area contributed by atoms with Gasteiger partial charge in [-0.05, 0) is 43.9 Å². The van der Waals surface area contributed by atoms with E-state index in [0.717, 1.165) is 44.0 Å². The summed E-state index contributed by atoms with van der Waals surface area (Å²) in [6.45, 7) is 9.27. The third-order valence-electron chi connectivity index (χ3n) is 6.20. The summed E-state index contributed by atoms with van der Waals surface area (Å²) < 4.78 is 12.5. The summed E-state index contributed by atoms with van der Waals surface area (Å²) in [5.74, 6) is 1.23. The lowest BCUT2D eigenvalue weighted by Gasteiger charge is -2.33. The van der Waals surface area contributed by atoms with Crippen molar-refractivity contribution in [2.75, 3.05) is 18.2 Å². The number of hydrogen-bond acceptors (Lipinski definition) is 8. The quantitative estimate of drug-likeness (QED) is 0.234. The third-order valence-corrected chi connectivity index (χ3v) is 8.40. The standard InChI is InChI=1S/C27H30N4O3S2/c1-15(2)10-19-17-12-34-27(3,4)11-16(17)22-23-24(36-25(22)31-19)26(29-14-28-23)35-13-21(32)30-18-8-6-7-9-20(18)33-5/h6-9,14-15H,10-13H2,1-5H3,(H,30,32). The maximum Gasteiger partial charge on any atom is 0.234 e. The van der Waals surface area contributed by atoms with Crippen molar-refractivity contribution in [3.8, 4) is 5.75 Å². The maximum absolute atomic E-state index is 12.7. The molecule has 0 radical (unpaired) electrons. The van der Waals surface area contributed by atoms with E-state index >= 15 is 0 Å². The van der Waals surface area contributed by atoms with Crippen LogP contribution in [0.3, 0.4) is 0 Å². The van der Waals surface area contributed by atoms with Crippen LogP contribution < -0.4 is 10.1 Å². The number of aromatic nitrogens is 3. The molecule has 188 valence electrons. The number of ether oxygens (including phenoxy) is 2. The molecule has 0 fully saturated rings. The zero-order valence-electron chi connectivity index (χ0n) is 21.2. The average molecular weight is 523 g/mol. The first kappa shape index (κ1) is 24.9. The highest BCUT2D eigenvalue weighted by Crippen LogP contribution is 2.43. The molecule has 5 rings (SSSR count). The van der Waals surface area contributed by atoms with Gasteiger partial charge >= 0.3 is 0 Å².